The summed E-state index contributed by atoms with van der Waals surface area (Å²) in [6.45, 7) is 1.14. The Morgan fingerprint density at radius 3 is 2.58 bits per heavy atom. The molecule has 0 atom stereocenters. The fraction of sp³-hybridized carbons (Fsp3) is 0.583. The lowest BCUT2D eigenvalue weighted by molar-refractivity contribution is -0.670. The van der Waals surface area contributed by atoms with Crippen molar-refractivity contribution in [2.45, 2.75) is 6.42 Å². The molecular weight excluding hydrogens is 250 g/mol. The molecular formula is C12H20N3O4+. The minimum atomic E-state index is -0.340. The number of aromatic nitrogens is 2. The number of carbonyl (C=O) groups is 2. The number of ether oxygens (including phenoxy) is 2. The van der Waals surface area contributed by atoms with Crippen LogP contribution in [0.1, 0.15) is 6.42 Å². The lowest BCUT2D eigenvalue weighted by Gasteiger charge is -2.18. The Labute approximate surface area is 112 Å². The molecule has 0 saturated carbocycles. The summed E-state index contributed by atoms with van der Waals surface area (Å²) in [7, 11) is 4.73. The van der Waals surface area contributed by atoms with Gasteiger partial charge in [-0.25, -0.2) is 9.36 Å². The molecule has 7 heteroatoms. The SMILES string of the molecule is COCCN(CCC(=O)OC)C(=O)n1cc[n+](C)c1. The van der Waals surface area contributed by atoms with E-state index in [9.17, 15) is 9.59 Å². The Bertz CT molecular complexity index is 430. The number of rotatable bonds is 6. The third-order valence-corrected chi connectivity index (χ3v) is 2.64. The Morgan fingerprint density at radius 1 is 1.32 bits per heavy atom. The molecule has 0 saturated heterocycles. The molecule has 1 heterocycles. The van der Waals surface area contributed by atoms with Crippen LogP contribution < -0.4 is 4.57 Å². The average Bonchev–Trinajstić information content (AvgIpc) is 2.84. The second-order valence-corrected chi connectivity index (χ2v) is 4.07. The van der Waals surface area contributed by atoms with Crippen molar-refractivity contribution in [2.75, 3.05) is 33.9 Å². The number of amides is 1. The predicted molar refractivity (Wildman–Crippen MR) is 66.5 cm³/mol. The zero-order valence-corrected chi connectivity index (χ0v) is 11.5. The van der Waals surface area contributed by atoms with E-state index in [1.54, 1.807) is 35.3 Å². The maximum Gasteiger partial charge on any atom is 0.415 e. The fourth-order valence-corrected chi connectivity index (χ4v) is 1.56. The minimum Gasteiger partial charge on any atom is -0.469 e. The van der Waals surface area contributed by atoms with Crippen molar-refractivity contribution < 1.29 is 23.6 Å². The summed E-state index contributed by atoms with van der Waals surface area (Å²) in [5, 5.41) is 0. The highest BCUT2D eigenvalue weighted by molar-refractivity contribution is 5.77. The normalized spacial score (nSPS) is 10.3. The predicted octanol–water partition coefficient (Wildman–Crippen LogP) is -0.208. The van der Waals surface area contributed by atoms with Crippen molar-refractivity contribution in [3.63, 3.8) is 0 Å². The van der Waals surface area contributed by atoms with Crippen LogP contribution in [-0.2, 0) is 21.3 Å². The molecule has 1 rings (SSSR count). The van der Waals surface area contributed by atoms with Crippen LogP contribution in [0.4, 0.5) is 4.79 Å². The lowest BCUT2D eigenvalue weighted by Crippen LogP contribution is -2.39. The van der Waals surface area contributed by atoms with Gasteiger partial charge in [0.1, 0.15) is 12.4 Å². The Kier molecular flexibility index (Phi) is 6.01. The molecule has 1 aromatic rings. The van der Waals surface area contributed by atoms with Crippen molar-refractivity contribution in [2.24, 2.45) is 7.05 Å². The van der Waals surface area contributed by atoms with Crippen molar-refractivity contribution in [3.8, 4) is 0 Å². The van der Waals surface area contributed by atoms with Crippen LogP contribution in [0.25, 0.3) is 0 Å². The van der Waals surface area contributed by atoms with Gasteiger partial charge in [-0.2, -0.15) is 4.57 Å². The molecule has 7 nitrogen and oxygen atoms in total. The van der Waals surface area contributed by atoms with Gasteiger partial charge in [-0.1, -0.05) is 0 Å². The van der Waals surface area contributed by atoms with Crippen LogP contribution in [0.5, 0.6) is 0 Å². The van der Waals surface area contributed by atoms with Crippen LogP contribution >= 0.6 is 0 Å². The highest BCUT2D eigenvalue weighted by atomic mass is 16.5. The van der Waals surface area contributed by atoms with Crippen LogP contribution in [0.15, 0.2) is 18.7 Å². The third-order valence-electron chi connectivity index (χ3n) is 2.64. The van der Waals surface area contributed by atoms with E-state index in [-0.39, 0.29) is 18.4 Å². The molecule has 1 aromatic heterocycles. The molecule has 0 unspecified atom stereocenters. The average molecular weight is 270 g/mol. The summed E-state index contributed by atoms with van der Waals surface area (Å²) in [6.07, 6.45) is 5.27. The summed E-state index contributed by atoms with van der Waals surface area (Å²) >= 11 is 0. The Morgan fingerprint density at radius 2 is 2.05 bits per heavy atom. The molecule has 19 heavy (non-hydrogen) atoms. The number of nitrogens with zero attached hydrogens (tertiary/aromatic N) is 3. The van der Waals surface area contributed by atoms with Crippen molar-refractivity contribution in [1.82, 2.24) is 9.47 Å². The summed E-state index contributed by atoms with van der Waals surface area (Å²) in [5.41, 5.74) is 0. The van der Waals surface area contributed by atoms with Gasteiger partial charge in [0.25, 0.3) is 6.33 Å². The second kappa shape index (κ2) is 7.52. The van der Waals surface area contributed by atoms with Gasteiger partial charge in [-0.3, -0.25) is 4.79 Å². The van der Waals surface area contributed by atoms with E-state index >= 15 is 0 Å². The zero-order valence-electron chi connectivity index (χ0n) is 11.5. The van der Waals surface area contributed by atoms with Gasteiger partial charge < -0.3 is 14.4 Å². The molecule has 1 amide bonds. The molecule has 0 aromatic carbocycles. The standard InChI is InChI=1S/C12H20N3O4/c1-13-6-7-15(10-13)12(17)14(8-9-18-2)5-4-11(16)19-3/h6-7,10H,4-5,8-9H2,1-3H3/q+1. The van der Waals surface area contributed by atoms with Crippen LogP contribution in [0.3, 0.4) is 0 Å². The number of hydrogen-bond donors (Lipinski definition) is 0. The number of methoxy groups -OCH3 is 2. The van der Waals surface area contributed by atoms with Gasteiger partial charge in [0.2, 0.25) is 0 Å². The van der Waals surface area contributed by atoms with E-state index in [1.165, 1.54) is 11.7 Å². The summed E-state index contributed by atoms with van der Waals surface area (Å²) < 4.78 is 12.8. The van der Waals surface area contributed by atoms with Crippen molar-refractivity contribution >= 4 is 12.0 Å². The van der Waals surface area contributed by atoms with Crippen LogP contribution in [0, 0.1) is 0 Å². The van der Waals surface area contributed by atoms with E-state index in [4.69, 9.17) is 4.74 Å². The Balaban J connectivity index is 2.66. The van der Waals surface area contributed by atoms with Crippen LogP contribution in [0.2, 0.25) is 0 Å². The number of hydrogen-bond acceptors (Lipinski definition) is 4. The van der Waals surface area contributed by atoms with Crippen molar-refractivity contribution in [3.05, 3.63) is 18.7 Å². The van der Waals surface area contributed by atoms with Crippen LogP contribution in [-0.4, -0.2) is 55.4 Å². The first-order valence-electron chi connectivity index (χ1n) is 5.96. The summed E-state index contributed by atoms with van der Waals surface area (Å²) in [5.74, 6) is -0.340. The molecule has 0 fully saturated rings. The molecule has 106 valence electrons. The van der Waals surface area contributed by atoms with E-state index in [0.717, 1.165) is 0 Å². The summed E-state index contributed by atoms with van der Waals surface area (Å²) in [6, 6.07) is -0.193. The highest BCUT2D eigenvalue weighted by Crippen LogP contribution is 1.99. The smallest absolute Gasteiger partial charge is 0.415 e. The lowest BCUT2D eigenvalue weighted by atomic mass is 10.4. The minimum absolute atomic E-state index is 0.166. The second-order valence-electron chi connectivity index (χ2n) is 4.07. The quantitative estimate of drug-likeness (QED) is 0.530. The Hall–Kier alpha value is -1.89. The maximum absolute atomic E-state index is 12.2. The highest BCUT2D eigenvalue weighted by Gasteiger charge is 2.21. The van der Waals surface area contributed by atoms with Gasteiger partial charge in [0.05, 0.1) is 27.2 Å². The molecule has 0 aliphatic carbocycles. The summed E-state index contributed by atoms with van der Waals surface area (Å²) in [4.78, 5) is 24.9. The maximum atomic E-state index is 12.2. The van der Waals surface area contributed by atoms with E-state index in [2.05, 4.69) is 4.74 Å². The van der Waals surface area contributed by atoms with Gasteiger partial charge in [0, 0.05) is 20.2 Å². The number of esters is 1. The number of carbonyl (C=O) groups excluding carboxylic acids is 2. The first-order chi connectivity index (χ1) is 9.08. The topological polar surface area (TPSA) is 64.6 Å². The first kappa shape index (κ1) is 15.2. The van der Waals surface area contributed by atoms with Gasteiger partial charge in [0.15, 0.2) is 0 Å². The molecule has 0 aliphatic heterocycles. The van der Waals surface area contributed by atoms with Gasteiger partial charge in [-0.05, 0) is 0 Å². The molecule has 0 N–H and O–H groups in total. The molecule has 0 spiro atoms. The third kappa shape index (κ3) is 4.70. The molecule has 0 bridgehead atoms. The molecule has 0 radical (unpaired) electrons. The molecule has 0 aliphatic rings. The fourth-order valence-electron chi connectivity index (χ4n) is 1.56. The number of imidazole rings is 1. The monoisotopic (exact) mass is 270 g/mol. The van der Waals surface area contributed by atoms with E-state index in [1.807, 2.05) is 7.05 Å². The number of aryl methyl sites for hydroxylation is 1. The largest absolute Gasteiger partial charge is 0.469 e. The first-order valence-corrected chi connectivity index (χ1v) is 5.96. The van der Waals surface area contributed by atoms with Gasteiger partial charge >= 0.3 is 12.0 Å². The van der Waals surface area contributed by atoms with Crippen molar-refractivity contribution in [1.29, 1.82) is 0 Å². The zero-order chi connectivity index (χ0) is 14.3. The van der Waals surface area contributed by atoms with Gasteiger partial charge in [-0.15, -0.1) is 0 Å². The van der Waals surface area contributed by atoms with E-state index in [0.29, 0.717) is 19.7 Å². The van der Waals surface area contributed by atoms with E-state index < -0.39 is 0 Å².